The van der Waals surface area contributed by atoms with Crippen LogP contribution in [0.25, 0.3) is 5.69 Å². The number of aromatic nitrogens is 2. The second-order valence-electron chi connectivity index (χ2n) is 9.36. The zero-order valence-electron chi connectivity index (χ0n) is 21.4. The number of carbonyl (C=O) groups excluding carboxylic acids is 1. The van der Waals surface area contributed by atoms with Crippen LogP contribution in [0.2, 0.25) is 0 Å². The van der Waals surface area contributed by atoms with Gasteiger partial charge in [0.15, 0.2) is 0 Å². The second kappa shape index (κ2) is 11.5. The van der Waals surface area contributed by atoms with Crippen molar-refractivity contribution in [1.29, 1.82) is 0 Å². The average Bonchev–Trinajstić information content (AvgIpc) is 3.20. The molecule has 0 atom stereocenters. The fourth-order valence-corrected chi connectivity index (χ4v) is 4.55. The quantitative estimate of drug-likeness (QED) is 0.439. The maximum absolute atomic E-state index is 13.6. The molecule has 1 aliphatic heterocycles. The molecule has 1 aliphatic rings. The topological polar surface area (TPSA) is 53.8 Å². The number of benzene rings is 2. The third-order valence-electron chi connectivity index (χ3n) is 6.67. The van der Waals surface area contributed by atoms with Gasteiger partial charge in [0.1, 0.15) is 5.82 Å². The third-order valence-corrected chi connectivity index (χ3v) is 6.67. The minimum Gasteiger partial charge on any atom is -0.385 e. The van der Waals surface area contributed by atoms with Crippen LogP contribution in [0.15, 0.2) is 54.6 Å². The fraction of sp³-hybridized carbons (Fsp3) is 0.429. The SMILES string of the molecule is COCCCN(Cc1c(C)nn(-c2ccccc2)c1N1CCN(C)CC1)C(=O)c1ccc(C)cc1. The summed E-state index contributed by atoms with van der Waals surface area (Å²) in [6.07, 6.45) is 0.782. The summed E-state index contributed by atoms with van der Waals surface area (Å²) < 4.78 is 7.35. The largest absolute Gasteiger partial charge is 0.385 e. The van der Waals surface area contributed by atoms with Crippen LogP contribution >= 0.6 is 0 Å². The molecule has 1 amide bonds. The molecule has 0 N–H and O–H groups in total. The molecule has 7 heteroatoms. The van der Waals surface area contributed by atoms with E-state index in [1.807, 2.05) is 54.3 Å². The van der Waals surface area contributed by atoms with E-state index in [2.05, 4.69) is 40.6 Å². The van der Waals surface area contributed by atoms with E-state index in [1.165, 1.54) is 0 Å². The van der Waals surface area contributed by atoms with Crippen LogP contribution in [-0.2, 0) is 11.3 Å². The highest BCUT2D eigenvalue weighted by Crippen LogP contribution is 2.30. The van der Waals surface area contributed by atoms with Crippen molar-refractivity contribution in [2.75, 3.05) is 58.4 Å². The van der Waals surface area contributed by atoms with E-state index < -0.39 is 0 Å². The minimum absolute atomic E-state index is 0.0392. The third kappa shape index (κ3) is 5.92. The van der Waals surface area contributed by atoms with Gasteiger partial charge in [-0.1, -0.05) is 35.9 Å². The molecule has 0 saturated carbocycles. The van der Waals surface area contributed by atoms with Crippen molar-refractivity contribution in [3.8, 4) is 5.69 Å². The molecule has 7 nitrogen and oxygen atoms in total. The molecule has 0 radical (unpaired) electrons. The van der Waals surface area contributed by atoms with Crippen molar-refractivity contribution in [2.24, 2.45) is 0 Å². The first-order valence-electron chi connectivity index (χ1n) is 12.4. The summed E-state index contributed by atoms with van der Waals surface area (Å²) in [6.45, 7) is 9.69. The van der Waals surface area contributed by atoms with Crippen LogP contribution in [0, 0.1) is 13.8 Å². The van der Waals surface area contributed by atoms with Crippen molar-refractivity contribution >= 4 is 11.7 Å². The van der Waals surface area contributed by atoms with Crippen LogP contribution in [0.3, 0.4) is 0 Å². The average molecular weight is 476 g/mol. The number of para-hydroxylation sites is 1. The van der Waals surface area contributed by atoms with Gasteiger partial charge >= 0.3 is 0 Å². The molecule has 0 spiro atoms. The smallest absolute Gasteiger partial charge is 0.254 e. The zero-order valence-corrected chi connectivity index (χ0v) is 21.4. The standard InChI is InChI=1S/C28H37N5O2/c1-22-11-13-24(14-12-22)28(34)32(15-8-20-35-4)21-26-23(2)29-33(25-9-6-5-7-10-25)27(26)31-18-16-30(3)17-19-31/h5-7,9-14H,8,15-21H2,1-4H3. The van der Waals surface area contributed by atoms with Crippen LogP contribution in [-0.4, -0.2) is 79.0 Å². The number of hydrogen-bond acceptors (Lipinski definition) is 5. The Labute approximate surface area is 208 Å². The summed E-state index contributed by atoms with van der Waals surface area (Å²) in [5.41, 5.74) is 4.95. The molecule has 3 aromatic rings. The Balaban J connectivity index is 1.71. The highest BCUT2D eigenvalue weighted by Gasteiger charge is 2.27. The molecule has 35 heavy (non-hydrogen) atoms. The van der Waals surface area contributed by atoms with Gasteiger partial charge in [0, 0.05) is 57.6 Å². The number of carbonyl (C=O) groups is 1. The van der Waals surface area contributed by atoms with Crippen molar-refractivity contribution in [3.05, 3.63) is 77.0 Å². The number of ether oxygens (including phenoxy) is 1. The number of rotatable bonds is 9. The minimum atomic E-state index is 0.0392. The first-order chi connectivity index (χ1) is 17.0. The Morgan fingerprint density at radius 2 is 1.69 bits per heavy atom. The highest BCUT2D eigenvalue weighted by atomic mass is 16.5. The molecule has 1 saturated heterocycles. The second-order valence-corrected chi connectivity index (χ2v) is 9.36. The van der Waals surface area contributed by atoms with E-state index in [4.69, 9.17) is 9.84 Å². The molecule has 1 fully saturated rings. The number of methoxy groups -OCH3 is 1. The molecule has 2 heterocycles. The van der Waals surface area contributed by atoms with Crippen molar-refractivity contribution in [3.63, 3.8) is 0 Å². The van der Waals surface area contributed by atoms with Gasteiger partial charge in [-0.2, -0.15) is 5.10 Å². The molecule has 186 valence electrons. The lowest BCUT2D eigenvalue weighted by molar-refractivity contribution is 0.0723. The van der Waals surface area contributed by atoms with Crippen molar-refractivity contribution in [2.45, 2.75) is 26.8 Å². The van der Waals surface area contributed by atoms with E-state index in [9.17, 15) is 4.79 Å². The van der Waals surface area contributed by atoms with Crippen LogP contribution in [0.1, 0.15) is 33.6 Å². The number of hydrogen-bond donors (Lipinski definition) is 0. The summed E-state index contributed by atoms with van der Waals surface area (Å²) >= 11 is 0. The van der Waals surface area contributed by atoms with Gasteiger partial charge < -0.3 is 19.4 Å². The van der Waals surface area contributed by atoms with E-state index in [1.54, 1.807) is 7.11 Å². The lowest BCUT2D eigenvalue weighted by atomic mass is 10.1. The van der Waals surface area contributed by atoms with E-state index >= 15 is 0 Å². The molecular formula is C28H37N5O2. The molecule has 1 aromatic heterocycles. The van der Waals surface area contributed by atoms with Gasteiger partial charge in [0.2, 0.25) is 0 Å². The van der Waals surface area contributed by atoms with Gasteiger partial charge in [-0.3, -0.25) is 4.79 Å². The lowest BCUT2D eigenvalue weighted by Gasteiger charge is -2.35. The lowest BCUT2D eigenvalue weighted by Crippen LogP contribution is -2.45. The monoisotopic (exact) mass is 475 g/mol. The van der Waals surface area contributed by atoms with Crippen LogP contribution < -0.4 is 4.90 Å². The van der Waals surface area contributed by atoms with E-state index in [0.29, 0.717) is 25.3 Å². The Kier molecular flexibility index (Phi) is 8.21. The normalized spacial score (nSPS) is 14.3. The van der Waals surface area contributed by atoms with Crippen molar-refractivity contribution < 1.29 is 9.53 Å². The van der Waals surface area contributed by atoms with Gasteiger partial charge in [-0.05, 0) is 51.6 Å². The summed E-state index contributed by atoms with van der Waals surface area (Å²) in [7, 11) is 3.86. The Bertz CT molecular complexity index is 1100. The maximum Gasteiger partial charge on any atom is 0.254 e. The molecular weight excluding hydrogens is 438 g/mol. The van der Waals surface area contributed by atoms with E-state index in [-0.39, 0.29) is 5.91 Å². The van der Waals surface area contributed by atoms with Gasteiger partial charge in [0.25, 0.3) is 5.91 Å². The van der Waals surface area contributed by atoms with Crippen molar-refractivity contribution in [1.82, 2.24) is 19.6 Å². The Morgan fingerprint density at radius 1 is 1.00 bits per heavy atom. The van der Waals surface area contributed by atoms with Gasteiger partial charge in [0.05, 0.1) is 17.9 Å². The molecule has 2 aromatic carbocycles. The number of likely N-dealkylation sites (N-methyl/N-ethyl adjacent to an activating group) is 1. The summed E-state index contributed by atoms with van der Waals surface area (Å²) in [6, 6.07) is 18.1. The molecule has 0 aliphatic carbocycles. The fourth-order valence-electron chi connectivity index (χ4n) is 4.55. The predicted octanol–water partition coefficient (Wildman–Crippen LogP) is 3.92. The van der Waals surface area contributed by atoms with E-state index in [0.717, 1.165) is 60.9 Å². The molecule has 0 bridgehead atoms. The van der Waals surface area contributed by atoms with Gasteiger partial charge in [-0.25, -0.2) is 4.68 Å². The number of anilines is 1. The highest BCUT2D eigenvalue weighted by molar-refractivity contribution is 5.94. The summed E-state index contributed by atoms with van der Waals surface area (Å²) in [5.74, 6) is 1.13. The number of nitrogens with zero attached hydrogens (tertiary/aromatic N) is 5. The molecule has 4 rings (SSSR count). The first kappa shape index (κ1) is 24.9. The maximum atomic E-state index is 13.6. The number of piperazine rings is 1. The van der Waals surface area contributed by atoms with Crippen LogP contribution in [0.5, 0.6) is 0 Å². The number of amides is 1. The molecule has 0 unspecified atom stereocenters. The van der Waals surface area contributed by atoms with Gasteiger partial charge in [-0.15, -0.1) is 0 Å². The summed E-state index contributed by atoms with van der Waals surface area (Å²) in [5, 5.41) is 4.97. The number of aryl methyl sites for hydroxylation is 2. The zero-order chi connectivity index (χ0) is 24.8. The summed E-state index contributed by atoms with van der Waals surface area (Å²) in [4.78, 5) is 20.3. The Hall–Kier alpha value is -3.16. The first-order valence-corrected chi connectivity index (χ1v) is 12.4. The van der Waals surface area contributed by atoms with Crippen LogP contribution in [0.4, 0.5) is 5.82 Å². The predicted molar refractivity (Wildman–Crippen MR) is 140 cm³/mol. The Morgan fingerprint density at radius 3 is 2.34 bits per heavy atom.